The van der Waals surface area contributed by atoms with Crippen LogP contribution in [0.5, 0.6) is 5.75 Å². The van der Waals surface area contributed by atoms with Gasteiger partial charge in [0.15, 0.2) is 0 Å². The van der Waals surface area contributed by atoms with E-state index in [2.05, 4.69) is 5.32 Å². The van der Waals surface area contributed by atoms with Crippen molar-refractivity contribution in [1.29, 1.82) is 0 Å². The Kier molecular flexibility index (Phi) is 4.10. The van der Waals surface area contributed by atoms with E-state index < -0.39 is 11.7 Å². The van der Waals surface area contributed by atoms with Crippen LogP contribution in [0.15, 0.2) is 36.4 Å². The smallest absolute Gasteiger partial charge is 0.257 e. The number of ether oxygens (including phenoxy) is 1. The van der Waals surface area contributed by atoms with Crippen LogP contribution in [0.25, 0.3) is 0 Å². The maximum atomic E-state index is 12.9. The summed E-state index contributed by atoms with van der Waals surface area (Å²) in [5.41, 5.74) is 6.62. The number of methoxy groups -OCH3 is 1. The zero-order valence-electron chi connectivity index (χ0n) is 10.6. The second kappa shape index (κ2) is 5.79. The van der Waals surface area contributed by atoms with Crippen molar-refractivity contribution in [2.24, 2.45) is 0 Å². The fourth-order valence-corrected chi connectivity index (χ4v) is 1.85. The molecule has 0 saturated heterocycles. The summed E-state index contributed by atoms with van der Waals surface area (Å²) in [6, 6.07) is 8.44. The zero-order valence-corrected chi connectivity index (χ0v) is 11.4. The highest BCUT2D eigenvalue weighted by molar-refractivity contribution is 6.34. The van der Waals surface area contributed by atoms with E-state index in [0.29, 0.717) is 17.1 Å². The van der Waals surface area contributed by atoms with E-state index in [-0.39, 0.29) is 10.6 Å². The van der Waals surface area contributed by atoms with Gasteiger partial charge < -0.3 is 15.8 Å². The number of rotatable bonds is 3. The van der Waals surface area contributed by atoms with E-state index in [4.69, 9.17) is 22.1 Å². The third-order valence-electron chi connectivity index (χ3n) is 2.68. The number of carbonyl (C=O) groups is 1. The van der Waals surface area contributed by atoms with Gasteiger partial charge in [0.25, 0.3) is 5.91 Å². The molecule has 0 saturated carbocycles. The zero-order chi connectivity index (χ0) is 14.7. The lowest BCUT2D eigenvalue weighted by Gasteiger charge is -2.10. The van der Waals surface area contributed by atoms with Crippen LogP contribution < -0.4 is 15.8 Å². The normalized spacial score (nSPS) is 10.2. The molecule has 20 heavy (non-hydrogen) atoms. The minimum atomic E-state index is -0.478. The van der Waals surface area contributed by atoms with Gasteiger partial charge in [-0.1, -0.05) is 11.6 Å². The summed E-state index contributed by atoms with van der Waals surface area (Å²) in [5, 5.41) is 2.68. The molecule has 0 aliphatic rings. The Labute approximate surface area is 120 Å². The predicted molar refractivity (Wildman–Crippen MR) is 76.8 cm³/mol. The van der Waals surface area contributed by atoms with Gasteiger partial charge in [0.05, 0.1) is 23.4 Å². The van der Waals surface area contributed by atoms with Gasteiger partial charge in [0.1, 0.15) is 11.6 Å². The monoisotopic (exact) mass is 294 g/mol. The van der Waals surface area contributed by atoms with E-state index in [9.17, 15) is 9.18 Å². The van der Waals surface area contributed by atoms with Crippen LogP contribution in [-0.2, 0) is 0 Å². The largest absolute Gasteiger partial charge is 0.497 e. The Morgan fingerprint density at radius 2 is 2.05 bits per heavy atom. The summed E-state index contributed by atoms with van der Waals surface area (Å²) in [6.45, 7) is 0. The lowest BCUT2D eigenvalue weighted by Crippen LogP contribution is -2.14. The molecule has 0 radical (unpaired) electrons. The molecule has 0 aliphatic carbocycles. The molecule has 0 heterocycles. The third-order valence-corrected chi connectivity index (χ3v) is 3.00. The number of hydrogen-bond donors (Lipinski definition) is 2. The molecule has 4 nitrogen and oxygen atoms in total. The third kappa shape index (κ3) is 3.00. The van der Waals surface area contributed by atoms with Gasteiger partial charge in [0, 0.05) is 5.69 Å². The topological polar surface area (TPSA) is 64.3 Å². The van der Waals surface area contributed by atoms with Crippen LogP contribution in [0, 0.1) is 5.82 Å². The Hall–Kier alpha value is -2.27. The van der Waals surface area contributed by atoms with Crippen LogP contribution >= 0.6 is 11.6 Å². The van der Waals surface area contributed by atoms with Crippen LogP contribution in [0.4, 0.5) is 15.8 Å². The van der Waals surface area contributed by atoms with Crippen LogP contribution in [0.3, 0.4) is 0 Å². The SMILES string of the molecule is COc1ccc(N)c(C(=O)Nc2ccc(F)cc2Cl)c1. The Balaban J connectivity index is 2.28. The number of nitrogens with one attached hydrogen (secondary N) is 1. The summed E-state index contributed by atoms with van der Waals surface area (Å²) in [6.07, 6.45) is 0. The number of halogens is 2. The van der Waals surface area contributed by atoms with E-state index in [1.165, 1.54) is 25.3 Å². The number of carbonyl (C=O) groups excluding carboxylic acids is 1. The molecule has 0 aromatic heterocycles. The molecule has 0 atom stereocenters. The number of nitrogen functional groups attached to an aromatic ring is 1. The number of benzene rings is 2. The number of anilines is 2. The van der Waals surface area contributed by atoms with E-state index in [1.807, 2.05) is 0 Å². The van der Waals surface area contributed by atoms with Crippen molar-refractivity contribution >= 4 is 28.9 Å². The fraction of sp³-hybridized carbons (Fsp3) is 0.0714. The lowest BCUT2D eigenvalue weighted by molar-refractivity contribution is 0.102. The van der Waals surface area contributed by atoms with Crippen molar-refractivity contribution in [2.75, 3.05) is 18.2 Å². The van der Waals surface area contributed by atoms with Crippen molar-refractivity contribution in [3.8, 4) is 5.75 Å². The Morgan fingerprint density at radius 3 is 2.70 bits per heavy atom. The molecule has 0 fully saturated rings. The van der Waals surface area contributed by atoms with Gasteiger partial charge in [0.2, 0.25) is 0 Å². The molecule has 2 aromatic carbocycles. The van der Waals surface area contributed by atoms with Gasteiger partial charge in [-0.15, -0.1) is 0 Å². The van der Waals surface area contributed by atoms with Gasteiger partial charge >= 0.3 is 0 Å². The lowest BCUT2D eigenvalue weighted by atomic mass is 10.1. The van der Waals surface area contributed by atoms with Crippen molar-refractivity contribution in [1.82, 2.24) is 0 Å². The van der Waals surface area contributed by atoms with E-state index >= 15 is 0 Å². The van der Waals surface area contributed by atoms with Crippen LogP contribution in [0.1, 0.15) is 10.4 Å². The molecule has 0 bridgehead atoms. The standard InChI is InChI=1S/C14H12ClFN2O2/c1-20-9-3-4-12(17)10(7-9)14(19)18-13-5-2-8(16)6-11(13)15/h2-7H,17H2,1H3,(H,18,19). The average molecular weight is 295 g/mol. The minimum Gasteiger partial charge on any atom is -0.497 e. The summed E-state index contributed by atoms with van der Waals surface area (Å²) in [4.78, 5) is 12.1. The van der Waals surface area contributed by atoms with Gasteiger partial charge in [-0.2, -0.15) is 0 Å². The second-order valence-corrected chi connectivity index (χ2v) is 4.44. The number of amides is 1. The molecule has 0 unspecified atom stereocenters. The summed E-state index contributed by atoms with van der Waals surface area (Å²) in [7, 11) is 1.49. The number of nitrogens with two attached hydrogens (primary N) is 1. The summed E-state index contributed by atoms with van der Waals surface area (Å²) in [5.74, 6) is -0.418. The van der Waals surface area contributed by atoms with E-state index in [0.717, 1.165) is 6.07 Å². The van der Waals surface area contributed by atoms with Gasteiger partial charge in [-0.05, 0) is 36.4 Å². The molecule has 3 N–H and O–H groups in total. The molecule has 1 amide bonds. The maximum absolute atomic E-state index is 12.9. The molecule has 2 aromatic rings. The van der Waals surface area contributed by atoms with Gasteiger partial charge in [-0.25, -0.2) is 4.39 Å². The predicted octanol–water partition coefficient (Wildman–Crippen LogP) is 3.32. The quantitative estimate of drug-likeness (QED) is 0.854. The molecular formula is C14H12ClFN2O2. The minimum absolute atomic E-state index is 0.111. The average Bonchev–Trinajstić information content (AvgIpc) is 2.42. The highest BCUT2D eigenvalue weighted by atomic mass is 35.5. The van der Waals surface area contributed by atoms with Crippen molar-refractivity contribution in [3.63, 3.8) is 0 Å². The molecule has 2 rings (SSSR count). The summed E-state index contributed by atoms with van der Waals surface area (Å²) < 4.78 is 18.0. The first kappa shape index (κ1) is 14.1. The first-order valence-corrected chi connectivity index (χ1v) is 6.09. The molecule has 104 valence electrons. The fourth-order valence-electron chi connectivity index (χ4n) is 1.64. The highest BCUT2D eigenvalue weighted by Crippen LogP contribution is 2.25. The highest BCUT2D eigenvalue weighted by Gasteiger charge is 2.13. The first-order valence-electron chi connectivity index (χ1n) is 5.71. The molecule has 0 spiro atoms. The van der Waals surface area contributed by atoms with E-state index in [1.54, 1.807) is 12.1 Å². The van der Waals surface area contributed by atoms with Gasteiger partial charge in [-0.3, -0.25) is 4.79 Å². The summed E-state index contributed by atoms with van der Waals surface area (Å²) >= 11 is 5.85. The molecular weight excluding hydrogens is 283 g/mol. The van der Waals surface area contributed by atoms with Crippen LogP contribution in [0.2, 0.25) is 5.02 Å². The first-order chi connectivity index (χ1) is 9.51. The Morgan fingerprint density at radius 1 is 1.30 bits per heavy atom. The Bertz CT molecular complexity index is 662. The van der Waals surface area contributed by atoms with Crippen molar-refractivity contribution in [3.05, 3.63) is 52.8 Å². The number of hydrogen-bond acceptors (Lipinski definition) is 3. The molecule has 0 aliphatic heterocycles. The molecule has 6 heteroatoms. The maximum Gasteiger partial charge on any atom is 0.257 e. The van der Waals surface area contributed by atoms with Crippen molar-refractivity contribution < 1.29 is 13.9 Å². The second-order valence-electron chi connectivity index (χ2n) is 4.03. The van der Waals surface area contributed by atoms with Crippen LogP contribution in [-0.4, -0.2) is 13.0 Å². The van der Waals surface area contributed by atoms with Crippen molar-refractivity contribution in [2.45, 2.75) is 0 Å².